The van der Waals surface area contributed by atoms with Crippen LogP contribution in [0.15, 0.2) is 41.6 Å². The van der Waals surface area contributed by atoms with Gasteiger partial charge in [0, 0.05) is 51.8 Å². The van der Waals surface area contributed by atoms with Gasteiger partial charge in [0.05, 0.1) is 5.75 Å². The molecule has 2 aliphatic heterocycles. The van der Waals surface area contributed by atoms with Crippen molar-refractivity contribution in [1.82, 2.24) is 19.8 Å². The highest BCUT2D eigenvalue weighted by molar-refractivity contribution is 7.99. The molecular weight excluding hydrogens is 470 g/mol. The van der Waals surface area contributed by atoms with Gasteiger partial charge in [-0.15, -0.1) is 0 Å². The molecule has 3 heterocycles. The Morgan fingerprint density at radius 1 is 0.971 bits per heavy atom. The molecule has 7 nitrogen and oxygen atoms in total. The smallest absolute Gasteiger partial charge is 0.233 e. The second kappa shape index (κ2) is 11.9. The van der Waals surface area contributed by atoms with E-state index in [2.05, 4.69) is 39.1 Å². The van der Waals surface area contributed by atoms with Gasteiger partial charge >= 0.3 is 0 Å². The van der Waals surface area contributed by atoms with E-state index in [4.69, 9.17) is 11.6 Å². The molecule has 9 heteroatoms. The van der Waals surface area contributed by atoms with E-state index in [0.717, 1.165) is 38.2 Å². The maximum Gasteiger partial charge on any atom is 0.233 e. The van der Waals surface area contributed by atoms with E-state index in [1.165, 1.54) is 17.3 Å². The summed E-state index contributed by atoms with van der Waals surface area (Å²) < 4.78 is 0. The minimum absolute atomic E-state index is 0.125. The highest BCUT2D eigenvalue weighted by Gasteiger charge is 2.24. The number of piperazine rings is 1. The SMILES string of the molecule is CCC(=O)N1CCN(c2cc(Cl)nc(SCC(=O)N3CCC(Cc4ccccc4)CC3)n2)CC1. The second-order valence-corrected chi connectivity index (χ2v) is 10.2. The number of anilines is 1. The number of amides is 2. The van der Waals surface area contributed by atoms with Crippen molar-refractivity contribution >= 4 is 41.0 Å². The van der Waals surface area contributed by atoms with Gasteiger partial charge in [-0.25, -0.2) is 9.97 Å². The standard InChI is InChI=1S/C25H32ClN5O2S/c1-2-23(32)31-14-12-29(13-15-31)22-17-21(26)27-25(28-22)34-18-24(33)30-10-8-20(9-11-30)16-19-6-4-3-5-7-19/h3-7,17,20H,2,8-16,18H2,1H3. The Kier molecular flexibility index (Phi) is 8.67. The minimum atomic E-state index is 0.125. The van der Waals surface area contributed by atoms with E-state index in [9.17, 15) is 9.59 Å². The van der Waals surface area contributed by atoms with E-state index in [1.54, 1.807) is 6.07 Å². The predicted molar refractivity (Wildman–Crippen MR) is 136 cm³/mol. The fraction of sp³-hybridized carbons (Fsp3) is 0.520. The Balaban J connectivity index is 1.25. The topological polar surface area (TPSA) is 69.6 Å². The van der Waals surface area contributed by atoms with E-state index < -0.39 is 0 Å². The third-order valence-electron chi connectivity index (χ3n) is 6.58. The van der Waals surface area contributed by atoms with Gasteiger partial charge in [-0.3, -0.25) is 9.59 Å². The molecule has 0 aliphatic carbocycles. The number of hydrogen-bond donors (Lipinski definition) is 0. The molecule has 1 aromatic carbocycles. The van der Waals surface area contributed by atoms with Crippen molar-refractivity contribution in [3.63, 3.8) is 0 Å². The molecule has 2 aromatic rings. The van der Waals surface area contributed by atoms with Crippen LogP contribution in [0.25, 0.3) is 0 Å². The fourth-order valence-corrected chi connectivity index (χ4v) is 5.56. The van der Waals surface area contributed by atoms with E-state index in [0.29, 0.717) is 54.6 Å². The van der Waals surface area contributed by atoms with Gasteiger partial charge in [0.1, 0.15) is 11.0 Å². The van der Waals surface area contributed by atoms with Gasteiger partial charge < -0.3 is 14.7 Å². The molecule has 2 amide bonds. The third kappa shape index (κ3) is 6.63. The number of thioether (sulfide) groups is 1. The number of piperidine rings is 1. The molecule has 34 heavy (non-hydrogen) atoms. The highest BCUT2D eigenvalue weighted by atomic mass is 35.5. The van der Waals surface area contributed by atoms with Crippen LogP contribution in [-0.4, -0.2) is 76.6 Å². The third-order valence-corrected chi connectivity index (χ3v) is 7.60. The summed E-state index contributed by atoms with van der Waals surface area (Å²) in [6, 6.07) is 12.3. The van der Waals surface area contributed by atoms with Gasteiger partial charge in [-0.2, -0.15) is 0 Å². The maximum absolute atomic E-state index is 12.8. The summed E-state index contributed by atoms with van der Waals surface area (Å²) in [6.45, 7) is 6.26. The summed E-state index contributed by atoms with van der Waals surface area (Å²) >= 11 is 7.60. The number of aromatic nitrogens is 2. The van der Waals surface area contributed by atoms with Gasteiger partial charge in [0.15, 0.2) is 5.16 Å². The van der Waals surface area contributed by atoms with Crippen LogP contribution in [0.3, 0.4) is 0 Å². The van der Waals surface area contributed by atoms with Gasteiger partial charge in [-0.1, -0.05) is 60.6 Å². The first kappa shape index (κ1) is 24.8. The van der Waals surface area contributed by atoms with E-state index >= 15 is 0 Å². The normalized spacial score (nSPS) is 17.2. The molecule has 2 saturated heterocycles. The zero-order valence-electron chi connectivity index (χ0n) is 19.7. The molecular formula is C25H32ClN5O2S. The zero-order valence-corrected chi connectivity index (χ0v) is 21.2. The number of carbonyl (C=O) groups is 2. The molecule has 0 atom stereocenters. The van der Waals surface area contributed by atoms with Crippen molar-refractivity contribution in [1.29, 1.82) is 0 Å². The van der Waals surface area contributed by atoms with Crippen LogP contribution in [0.1, 0.15) is 31.7 Å². The average Bonchev–Trinajstić information content (AvgIpc) is 2.87. The number of hydrogen-bond acceptors (Lipinski definition) is 6. The first-order valence-corrected chi connectivity index (χ1v) is 13.4. The van der Waals surface area contributed by atoms with Crippen LogP contribution >= 0.6 is 23.4 Å². The quantitative estimate of drug-likeness (QED) is 0.327. The molecule has 0 saturated carbocycles. The zero-order chi connectivity index (χ0) is 23.9. The molecule has 0 radical (unpaired) electrons. The van der Waals surface area contributed by atoms with Gasteiger partial charge in [-0.05, 0) is 30.7 Å². The van der Waals surface area contributed by atoms with Gasteiger partial charge in [0.2, 0.25) is 11.8 Å². The molecule has 0 unspecified atom stereocenters. The maximum atomic E-state index is 12.8. The Morgan fingerprint density at radius 2 is 1.65 bits per heavy atom. The first-order chi connectivity index (χ1) is 16.5. The number of benzene rings is 1. The Bertz CT molecular complexity index is 977. The number of nitrogens with zero attached hydrogens (tertiary/aromatic N) is 5. The lowest BCUT2D eigenvalue weighted by Crippen LogP contribution is -2.48. The fourth-order valence-electron chi connectivity index (χ4n) is 4.57. The molecule has 0 spiro atoms. The molecule has 2 aliphatic rings. The molecule has 182 valence electrons. The lowest BCUT2D eigenvalue weighted by Gasteiger charge is -2.35. The number of halogens is 1. The molecule has 0 N–H and O–H groups in total. The van der Waals surface area contributed by atoms with Crippen LogP contribution in [0.2, 0.25) is 5.15 Å². The van der Waals surface area contributed by atoms with Crippen molar-refractivity contribution in [2.24, 2.45) is 5.92 Å². The first-order valence-electron chi connectivity index (χ1n) is 12.0. The van der Waals surface area contributed by atoms with Crippen molar-refractivity contribution in [2.45, 2.75) is 37.8 Å². The Morgan fingerprint density at radius 3 is 2.32 bits per heavy atom. The monoisotopic (exact) mass is 501 g/mol. The molecule has 1 aromatic heterocycles. The Labute approximate surface area is 210 Å². The van der Waals surface area contributed by atoms with Crippen LogP contribution in [0.5, 0.6) is 0 Å². The predicted octanol–water partition coefficient (Wildman–Crippen LogP) is 3.76. The summed E-state index contributed by atoms with van der Waals surface area (Å²) in [5.41, 5.74) is 1.37. The Hall–Kier alpha value is -2.32. The van der Waals surface area contributed by atoms with Crippen LogP contribution < -0.4 is 4.90 Å². The lowest BCUT2D eigenvalue weighted by atomic mass is 9.90. The molecule has 2 fully saturated rings. The second-order valence-electron chi connectivity index (χ2n) is 8.86. The van der Waals surface area contributed by atoms with E-state index in [1.807, 2.05) is 22.8 Å². The van der Waals surface area contributed by atoms with Crippen molar-refractivity contribution in [3.8, 4) is 0 Å². The van der Waals surface area contributed by atoms with Gasteiger partial charge in [0.25, 0.3) is 0 Å². The number of likely N-dealkylation sites (tertiary alicyclic amines) is 1. The lowest BCUT2D eigenvalue weighted by molar-refractivity contribution is -0.131. The van der Waals surface area contributed by atoms with Crippen molar-refractivity contribution < 1.29 is 9.59 Å². The summed E-state index contributed by atoms with van der Waals surface area (Å²) in [4.78, 5) is 39.7. The summed E-state index contributed by atoms with van der Waals surface area (Å²) in [6.07, 6.45) is 3.68. The largest absolute Gasteiger partial charge is 0.353 e. The van der Waals surface area contributed by atoms with Crippen molar-refractivity contribution in [3.05, 3.63) is 47.1 Å². The number of rotatable bonds is 7. The summed E-state index contributed by atoms with van der Waals surface area (Å²) in [5.74, 6) is 1.99. The minimum Gasteiger partial charge on any atom is -0.353 e. The van der Waals surface area contributed by atoms with Crippen LogP contribution in [0, 0.1) is 5.92 Å². The van der Waals surface area contributed by atoms with Crippen LogP contribution in [-0.2, 0) is 16.0 Å². The molecule has 4 rings (SSSR count). The summed E-state index contributed by atoms with van der Waals surface area (Å²) in [7, 11) is 0. The van der Waals surface area contributed by atoms with E-state index in [-0.39, 0.29) is 11.8 Å². The average molecular weight is 502 g/mol. The number of carbonyl (C=O) groups excluding carboxylic acids is 2. The van der Waals surface area contributed by atoms with Crippen molar-refractivity contribution in [2.75, 3.05) is 49.9 Å². The summed E-state index contributed by atoms with van der Waals surface area (Å²) in [5, 5.41) is 0.885. The highest BCUT2D eigenvalue weighted by Crippen LogP contribution is 2.25. The molecule has 0 bridgehead atoms. The van der Waals surface area contributed by atoms with Crippen LogP contribution in [0.4, 0.5) is 5.82 Å².